The van der Waals surface area contributed by atoms with Gasteiger partial charge in [0.25, 0.3) is 0 Å². The highest BCUT2D eigenvalue weighted by atomic mass is 16.5. The third kappa shape index (κ3) is 2.02. The van der Waals surface area contributed by atoms with Crippen molar-refractivity contribution >= 4 is 5.69 Å². The summed E-state index contributed by atoms with van der Waals surface area (Å²) >= 11 is 0. The summed E-state index contributed by atoms with van der Waals surface area (Å²) in [6, 6.07) is 5.72. The fourth-order valence-electron chi connectivity index (χ4n) is 0.948. The molecule has 0 unspecified atom stereocenters. The van der Waals surface area contributed by atoms with Crippen LogP contribution in [0.1, 0.15) is 5.56 Å². The SMILES string of the molecule is C=CCOc1ccc(C)cc1N. The number of ether oxygens (including phenoxy) is 1. The summed E-state index contributed by atoms with van der Waals surface area (Å²) in [7, 11) is 0. The number of nitrogen functional groups attached to an aromatic ring is 1. The van der Waals surface area contributed by atoms with Gasteiger partial charge in [0.1, 0.15) is 12.4 Å². The topological polar surface area (TPSA) is 35.2 Å². The van der Waals surface area contributed by atoms with Crippen LogP contribution in [0, 0.1) is 6.92 Å². The molecule has 0 saturated heterocycles. The zero-order valence-electron chi connectivity index (χ0n) is 7.21. The minimum Gasteiger partial charge on any atom is -0.487 e. The third-order valence-corrected chi connectivity index (χ3v) is 1.52. The maximum absolute atomic E-state index is 5.70. The molecule has 0 aliphatic rings. The van der Waals surface area contributed by atoms with Gasteiger partial charge in [-0.05, 0) is 24.6 Å². The Hall–Kier alpha value is -1.44. The molecule has 1 aromatic carbocycles. The minimum atomic E-state index is 0.493. The van der Waals surface area contributed by atoms with Gasteiger partial charge in [0.2, 0.25) is 0 Å². The van der Waals surface area contributed by atoms with Crippen molar-refractivity contribution in [2.24, 2.45) is 0 Å². The number of benzene rings is 1. The fourth-order valence-corrected chi connectivity index (χ4v) is 0.948. The Bertz CT molecular complexity index is 281. The van der Waals surface area contributed by atoms with Crippen molar-refractivity contribution in [2.45, 2.75) is 6.92 Å². The lowest BCUT2D eigenvalue weighted by Crippen LogP contribution is -1.97. The molecule has 0 amide bonds. The number of anilines is 1. The van der Waals surface area contributed by atoms with Crippen molar-refractivity contribution < 1.29 is 4.74 Å². The van der Waals surface area contributed by atoms with Gasteiger partial charge in [0.05, 0.1) is 5.69 Å². The molecule has 64 valence electrons. The number of aryl methyl sites for hydroxylation is 1. The monoisotopic (exact) mass is 163 g/mol. The fraction of sp³-hybridized carbons (Fsp3) is 0.200. The largest absolute Gasteiger partial charge is 0.487 e. The number of rotatable bonds is 3. The molecular weight excluding hydrogens is 150 g/mol. The first-order valence-electron chi connectivity index (χ1n) is 3.84. The Kier molecular flexibility index (Phi) is 2.75. The van der Waals surface area contributed by atoms with Crippen LogP contribution in [0.15, 0.2) is 30.9 Å². The lowest BCUT2D eigenvalue weighted by Gasteiger charge is -2.06. The van der Waals surface area contributed by atoms with E-state index in [1.807, 2.05) is 25.1 Å². The van der Waals surface area contributed by atoms with E-state index in [1.54, 1.807) is 6.08 Å². The van der Waals surface area contributed by atoms with Crippen LogP contribution in [-0.2, 0) is 0 Å². The Morgan fingerprint density at radius 2 is 2.33 bits per heavy atom. The van der Waals surface area contributed by atoms with Crippen LogP contribution in [-0.4, -0.2) is 6.61 Å². The molecule has 2 nitrogen and oxygen atoms in total. The van der Waals surface area contributed by atoms with Gasteiger partial charge in [-0.2, -0.15) is 0 Å². The average Bonchev–Trinajstić information content (AvgIpc) is 2.03. The second kappa shape index (κ2) is 3.81. The zero-order valence-corrected chi connectivity index (χ0v) is 7.21. The van der Waals surface area contributed by atoms with E-state index >= 15 is 0 Å². The molecule has 0 fully saturated rings. The summed E-state index contributed by atoms with van der Waals surface area (Å²) in [5.41, 5.74) is 7.52. The van der Waals surface area contributed by atoms with Gasteiger partial charge in [0, 0.05) is 0 Å². The zero-order chi connectivity index (χ0) is 8.97. The van der Waals surface area contributed by atoms with Crippen LogP contribution in [0.25, 0.3) is 0 Å². The Morgan fingerprint density at radius 3 is 2.92 bits per heavy atom. The summed E-state index contributed by atoms with van der Waals surface area (Å²) in [5, 5.41) is 0. The van der Waals surface area contributed by atoms with Crippen LogP contribution in [0.2, 0.25) is 0 Å². The number of hydrogen-bond donors (Lipinski definition) is 1. The molecule has 0 heterocycles. The smallest absolute Gasteiger partial charge is 0.142 e. The number of hydrogen-bond acceptors (Lipinski definition) is 2. The van der Waals surface area contributed by atoms with Gasteiger partial charge >= 0.3 is 0 Å². The third-order valence-electron chi connectivity index (χ3n) is 1.52. The van der Waals surface area contributed by atoms with E-state index in [0.29, 0.717) is 12.3 Å². The van der Waals surface area contributed by atoms with Crippen molar-refractivity contribution in [1.29, 1.82) is 0 Å². The first-order chi connectivity index (χ1) is 5.74. The van der Waals surface area contributed by atoms with Crippen LogP contribution >= 0.6 is 0 Å². The van der Waals surface area contributed by atoms with Crippen LogP contribution < -0.4 is 10.5 Å². The highest BCUT2D eigenvalue weighted by Gasteiger charge is 1.97. The molecule has 0 aliphatic heterocycles. The summed E-state index contributed by atoms with van der Waals surface area (Å²) in [5.74, 6) is 0.723. The van der Waals surface area contributed by atoms with E-state index in [-0.39, 0.29) is 0 Å². The lowest BCUT2D eigenvalue weighted by molar-refractivity contribution is 0.365. The molecule has 0 atom stereocenters. The van der Waals surface area contributed by atoms with E-state index in [2.05, 4.69) is 6.58 Å². The second-order valence-corrected chi connectivity index (χ2v) is 2.64. The first kappa shape index (κ1) is 8.65. The van der Waals surface area contributed by atoms with E-state index in [9.17, 15) is 0 Å². The molecule has 0 spiro atoms. The Labute approximate surface area is 72.7 Å². The lowest BCUT2D eigenvalue weighted by atomic mass is 10.2. The van der Waals surface area contributed by atoms with Crippen molar-refractivity contribution in [3.63, 3.8) is 0 Å². The summed E-state index contributed by atoms with van der Waals surface area (Å²) in [6.45, 7) is 6.04. The van der Waals surface area contributed by atoms with Crippen molar-refractivity contribution in [1.82, 2.24) is 0 Å². The van der Waals surface area contributed by atoms with E-state index in [1.165, 1.54) is 0 Å². The van der Waals surface area contributed by atoms with Gasteiger partial charge in [-0.25, -0.2) is 0 Å². The van der Waals surface area contributed by atoms with Gasteiger partial charge < -0.3 is 10.5 Å². The first-order valence-corrected chi connectivity index (χ1v) is 3.84. The van der Waals surface area contributed by atoms with Crippen molar-refractivity contribution in [2.75, 3.05) is 12.3 Å². The van der Waals surface area contributed by atoms with Crippen LogP contribution in [0.5, 0.6) is 5.75 Å². The predicted octanol–water partition coefficient (Wildman–Crippen LogP) is 2.14. The molecule has 0 radical (unpaired) electrons. The maximum atomic E-state index is 5.70. The van der Waals surface area contributed by atoms with Crippen molar-refractivity contribution in [3.8, 4) is 5.75 Å². The Balaban J connectivity index is 2.78. The van der Waals surface area contributed by atoms with E-state index in [4.69, 9.17) is 10.5 Å². The summed E-state index contributed by atoms with van der Waals surface area (Å²) in [6.07, 6.45) is 1.69. The molecule has 12 heavy (non-hydrogen) atoms. The maximum Gasteiger partial charge on any atom is 0.142 e. The van der Waals surface area contributed by atoms with Crippen LogP contribution in [0.3, 0.4) is 0 Å². The Morgan fingerprint density at radius 1 is 1.58 bits per heavy atom. The van der Waals surface area contributed by atoms with Crippen molar-refractivity contribution in [3.05, 3.63) is 36.4 Å². The van der Waals surface area contributed by atoms with E-state index in [0.717, 1.165) is 11.3 Å². The molecule has 0 saturated carbocycles. The molecule has 1 aromatic rings. The van der Waals surface area contributed by atoms with Gasteiger partial charge in [0.15, 0.2) is 0 Å². The standard InChI is InChI=1S/C10H13NO/c1-3-6-12-10-5-4-8(2)7-9(10)11/h3-5,7H,1,6,11H2,2H3. The molecular formula is C10H13NO. The quantitative estimate of drug-likeness (QED) is 0.547. The summed E-state index contributed by atoms with van der Waals surface area (Å²) in [4.78, 5) is 0. The molecule has 0 bridgehead atoms. The normalized spacial score (nSPS) is 9.42. The molecule has 2 N–H and O–H groups in total. The molecule has 0 aromatic heterocycles. The predicted molar refractivity (Wildman–Crippen MR) is 51.3 cm³/mol. The highest BCUT2D eigenvalue weighted by molar-refractivity contribution is 5.54. The minimum absolute atomic E-state index is 0.493. The van der Waals surface area contributed by atoms with Gasteiger partial charge in [-0.1, -0.05) is 18.7 Å². The van der Waals surface area contributed by atoms with Gasteiger partial charge in [-0.15, -0.1) is 0 Å². The van der Waals surface area contributed by atoms with Crippen LogP contribution in [0.4, 0.5) is 5.69 Å². The van der Waals surface area contributed by atoms with E-state index < -0.39 is 0 Å². The second-order valence-electron chi connectivity index (χ2n) is 2.64. The molecule has 1 rings (SSSR count). The molecule has 2 heteroatoms. The number of nitrogens with two attached hydrogens (primary N) is 1. The summed E-state index contributed by atoms with van der Waals surface area (Å²) < 4.78 is 5.30. The van der Waals surface area contributed by atoms with Gasteiger partial charge in [-0.3, -0.25) is 0 Å². The highest BCUT2D eigenvalue weighted by Crippen LogP contribution is 2.21. The molecule has 0 aliphatic carbocycles. The average molecular weight is 163 g/mol.